The predicted octanol–water partition coefficient (Wildman–Crippen LogP) is 12.8. The van der Waals surface area contributed by atoms with Crippen molar-refractivity contribution >= 4 is 28.0 Å². The van der Waals surface area contributed by atoms with Crippen molar-refractivity contribution in [2.24, 2.45) is 0 Å². The zero-order valence-electron chi connectivity index (χ0n) is 36.4. The molecule has 376 valence electrons. The molecule has 0 saturated carbocycles. The summed E-state index contributed by atoms with van der Waals surface area (Å²) in [5.41, 5.74) is -6.12. The summed E-state index contributed by atoms with van der Waals surface area (Å²) in [6, 6.07) is 25.1. The van der Waals surface area contributed by atoms with E-state index in [0.717, 1.165) is 0 Å². The van der Waals surface area contributed by atoms with Crippen LogP contribution in [0.5, 0.6) is 0 Å². The Morgan fingerprint density at radius 1 is 0.200 bits per heavy atom. The Balaban J connectivity index is 0.000000415. The van der Waals surface area contributed by atoms with E-state index in [2.05, 4.69) is 114 Å². The van der Waals surface area contributed by atoms with Crippen LogP contribution >= 0.6 is 0 Å². The molecule has 0 N–H and O–H groups in total. The molecule has 0 saturated heterocycles. The molecular formula is C48H30AgBF20. The van der Waals surface area contributed by atoms with Gasteiger partial charge >= 0.3 is 22.4 Å². The number of hydrogen-bond donors (Lipinski definition) is 0. The van der Waals surface area contributed by atoms with Gasteiger partial charge in [0.25, 0.3) is 0 Å². The maximum absolute atomic E-state index is 15.4. The number of hydrogen-bond acceptors (Lipinski definition) is 0. The fraction of sp³-hybridized carbons (Fsp3) is 0.125. The number of rotatable bonds is 4. The first kappa shape index (κ1) is 58.3. The van der Waals surface area contributed by atoms with Crippen molar-refractivity contribution in [3.05, 3.63) is 223 Å². The van der Waals surface area contributed by atoms with Gasteiger partial charge in [0.05, 0.1) is 0 Å². The van der Waals surface area contributed by atoms with E-state index >= 15 is 35.1 Å². The molecule has 0 amide bonds. The first-order valence-electron chi connectivity index (χ1n) is 19.4. The van der Waals surface area contributed by atoms with Crippen LogP contribution in [0.2, 0.25) is 0 Å². The fourth-order valence-corrected chi connectivity index (χ4v) is 6.86. The molecule has 0 aromatic heterocycles. The second kappa shape index (κ2) is 23.2. The van der Waals surface area contributed by atoms with Gasteiger partial charge in [0.1, 0.15) is 52.7 Å². The first-order chi connectivity index (χ1) is 32.1. The van der Waals surface area contributed by atoms with Crippen molar-refractivity contribution in [2.75, 3.05) is 0 Å². The second-order valence-electron chi connectivity index (χ2n) is 15.1. The molecule has 0 aliphatic rings. The molecule has 70 heavy (non-hydrogen) atoms. The van der Waals surface area contributed by atoms with E-state index in [9.17, 15) is 52.7 Å². The van der Waals surface area contributed by atoms with Gasteiger partial charge in [0, 0.05) is 0 Å². The summed E-state index contributed by atoms with van der Waals surface area (Å²) in [5, 5.41) is 0. The molecule has 0 atom stereocenters. The SMILES string of the molecule is Cc1ccccc1C.Cc1ccccc1C.Cc1ccccc1C.Fc1c(F)c(F)c([B-](c2c(F)c(F)c(F)c(F)c2F)(c2c(F)c(F)c(F)c(F)c2F)c2c(F)c(F)c(F)c(F)c2F)c(F)c1F.[Ag+]. The molecule has 0 radical (unpaired) electrons. The van der Waals surface area contributed by atoms with E-state index in [1.807, 2.05) is 0 Å². The molecule has 22 heteroatoms. The molecule has 7 aromatic rings. The van der Waals surface area contributed by atoms with E-state index < -0.39 is 144 Å². The van der Waals surface area contributed by atoms with Crippen LogP contribution in [0.3, 0.4) is 0 Å². The molecular weight excluding hydrogens is 1080 g/mol. The molecule has 0 aliphatic carbocycles. The Bertz CT molecular complexity index is 2540. The van der Waals surface area contributed by atoms with Gasteiger partial charge in [0.15, 0.2) is 69.8 Å². The maximum atomic E-state index is 15.4. The standard InChI is InChI=1S/C24BF20.3C8H10.Ag/c26-5-1(6(27)14(35)21(42)13(5)34)25(2-7(28)15(36)22(43)16(37)8(2)29,3-9(30)17(38)23(44)18(39)10(3)31)4-11(32)19(40)24(45)20(41)12(4)33;3*1-7-5-3-4-6-8(7)2;/h;3*3-6H,1-2H3;/q-1;;;;+1. The quantitative estimate of drug-likeness (QED) is 0.0713. The van der Waals surface area contributed by atoms with Crippen LogP contribution < -0.4 is 21.9 Å². The van der Waals surface area contributed by atoms with Crippen LogP contribution in [0.1, 0.15) is 33.4 Å². The van der Waals surface area contributed by atoms with E-state index in [1.165, 1.54) is 33.4 Å². The average Bonchev–Trinajstić information content (AvgIpc) is 3.32. The third kappa shape index (κ3) is 10.7. The molecule has 7 aromatic carbocycles. The molecule has 0 fully saturated rings. The van der Waals surface area contributed by atoms with Crippen LogP contribution in [-0.4, -0.2) is 6.15 Å². The minimum absolute atomic E-state index is 0. The van der Waals surface area contributed by atoms with Crippen molar-refractivity contribution in [1.29, 1.82) is 0 Å². The van der Waals surface area contributed by atoms with E-state index in [-0.39, 0.29) is 22.4 Å². The predicted molar refractivity (Wildman–Crippen MR) is 217 cm³/mol. The summed E-state index contributed by atoms with van der Waals surface area (Å²) in [4.78, 5) is 0. The summed E-state index contributed by atoms with van der Waals surface area (Å²) in [6.45, 7) is 12.7. The number of halogens is 20. The van der Waals surface area contributed by atoms with Gasteiger partial charge < -0.3 is 0 Å². The average molecular weight is 1110 g/mol. The van der Waals surface area contributed by atoms with Gasteiger partial charge in [-0.2, -0.15) is 0 Å². The van der Waals surface area contributed by atoms with E-state index in [1.54, 1.807) is 0 Å². The normalized spacial score (nSPS) is 10.9. The Kier molecular flexibility index (Phi) is 19.3. The largest absolute Gasteiger partial charge is 1.00 e. The third-order valence-corrected chi connectivity index (χ3v) is 11.0. The molecule has 0 spiro atoms. The summed E-state index contributed by atoms with van der Waals surface area (Å²) >= 11 is 0. The second-order valence-corrected chi connectivity index (χ2v) is 15.1. The van der Waals surface area contributed by atoms with Crippen LogP contribution in [-0.2, 0) is 22.4 Å². The van der Waals surface area contributed by atoms with Crippen molar-refractivity contribution in [3.63, 3.8) is 0 Å². The zero-order valence-corrected chi connectivity index (χ0v) is 37.8. The fourth-order valence-electron chi connectivity index (χ4n) is 6.86. The van der Waals surface area contributed by atoms with Gasteiger partial charge in [-0.25, -0.2) is 87.8 Å². The zero-order chi connectivity index (χ0) is 52.3. The van der Waals surface area contributed by atoms with Crippen LogP contribution in [0.15, 0.2) is 72.8 Å². The first-order valence-corrected chi connectivity index (χ1v) is 19.4. The minimum Gasteiger partial charge on any atom is -0.207 e. The Labute approximate surface area is 401 Å². The Hall–Kier alpha value is -6.05. The summed E-state index contributed by atoms with van der Waals surface area (Å²) < 4.78 is 294. The third-order valence-electron chi connectivity index (χ3n) is 11.0. The van der Waals surface area contributed by atoms with Gasteiger partial charge in [-0.05, 0) is 74.9 Å². The summed E-state index contributed by atoms with van der Waals surface area (Å²) in [5.74, 6) is -71.4. The Morgan fingerprint density at radius 3 is 0.400 bits per heavy atom. The van der Waals surface area contributed by atoms with Crippen molar-refractivity contribution in [3.8, 4) is 0 Å². The molecule has 0 bridgehead atoms. The van der Waals surface area contributed by atoms with Gasteiger partial charge in [0.2, 0.25) is 0 Å². The van der Waals surface area contributed by atoms with Gasteiger partial charge in [-0.3, -0.25) is 0 Å². The molecule has 0 nitrogen and oxygen atoms in total. The molecule has 0 unspecified atom stereocenters. The van der Waals surface area contributed by atoms with E-state index in [4.69, 9.17) is 0 Å². The maximum Gasteiger partial charge on any atom is 1.00 e. The van der Waals surface area contributed by atoms with Gasteiger partial charge in [-0.15, -0.1) is 21.9 Å². The van der Waals surface area contributed by atoms with E-state index in [0.29, 0.717) is 0 Å². The molecule has 0 heterocycles. The molecule has 0 aliphatic heterocycles. The monoisotopic (exact) mass is 1100 g/mol. The summed E-state index contributed by atoms with van der Waals surface area (Å²) in [6.07, 6.45) is -7.22. The van der Waals surface area contributed by atoms with Crippen molar-refractivity contribution < 1.29 is 110 Å². The van der Waals surface area contributed by atoms with Gasteiger partial charge in [-0.1, -0.05) is 72.8 Å². The van der Waals surface area contributed by atoms with Crippen LogP contribution in [0, 0.1) is 158 Å². The van der Waals surface area contributed by atoms with Crippen molar-refractivity contribution in [1.82, 2.24) is 0 Å². The minimum atomic E-state index is -7.22. The Morgan fingerprint density at radius 2 is 0.300 bits per heavy atom. The smallest absolute Gasteiger partial charge is 0.207 e. The topological polar surface area (TPSA) is 0 Å². The number of benzene rings is 7. The summed E-state index contributed by atoms with van der Waals surface area (Å²) in [7, 11) is 0. The van der Waals surface area contributed by atoms with Crippen molar-refractivity contribution in [2.45, 2.75) is 41.5 Å². The van der Waals surface area contributed by atoms with Crippen LogP contribution in [0.25, 0.3) is 0 Å². The van der Waals surface area contributed by atoms with Crippen LogP contribution in [0.4, 0.5) is 87.8 Å². The number of aryl methyl sites for hydroxylation is 6. The molecule has 7 rings (SSSR count).